The van der Waals surface area contributed by atoms with E-state index in [1.54, 1.807) is 7.05 Å². The fourth-order valence-electron chi connectivity index (χ4n) is 1.43. The second-order valence-corrected chi connectivity index (χ2v) is 4.45. The third-order valence-electron chi connectivity index (χ3n) is 2.30. The summed E-state index contributed by atoms with van der Waals surface area (Å²) in [6, 6.07) is 3.58. The van der Waals surface area contributed by atoms with Crippen LogP contribution < -0.4 is 5.32 Å². The molecule has 0 bridgehead atoms. The molecule has 0 aliphatic rings. The zero-order valence-electron chi connectivity index (χ0n) is 9.25. The van der Waals surface area contributed by atoms with Crippen LogP contribution in [0, 0.1) is 11.6 Å². The second-order valence-electron chi connectivity index (χ2n) is 3.54. The smallest absolute Gasteiger partial charge is 0.262 e. The van der Waals surface area contributed by atoms with E-state index in [9.17, 15) is 13.6 Å². The van der Waals surface area contributed by atoms with Crippen molar-refractivity contribution < 1.29 is 13.6 Å². The molecule has 94 valence electrons. The van der Waals surface area contributed by atoms with Gasteiger partial charge in [-0.25, -0.2) is 8.78 Å². The monoisotopic (exact) mass is 315 g/mol. The van der Waals surface area contributed by atoms with Crippen LogP contribution in [0.2, 0.25) is 0 Å². The third kappa shape index (κ3) is 2.40. The summed E-state index contributed by atoms with van der Waals surface area (Å²) in [4.78, 5) is 11.8. The molecule has 2 aromatic rings. The van der Waals surface area contributed by atoms with Crippen LogP contribution in [-0.4, -0.2) is 15.7 Å². The molecule has 0 aliphatic heterocycles. The van der Waals surface area contributed by atoms with Gasteiger partial charge in [-0.15, -0.1) is 0 Å². The molecule has 1 amide bonds. The van der Waals surface area contributed by atoms with Crippen molar-refractivity contribution in [3.63, 3.8) is 0 Å². The number of carbonyl (C=O) groups is 1. The van der Waals surface area contributed by atoms with Crippen molar-refractivity contribution in [1.29, 1.82) is 0 Å². The highest BCUT2D eigenvalue weighted by Crippen LogP contribution is 2.20. The lowest BCUT2D eigenvalue weighted by Crippen LogP contribution is -2.17. The first-order chi connectivity index (χ1) is 8.49. The van der Waals surface area contributed by atoms with Crippen molar-refractivity contribution in [2.24, 2.45) is 7.05 Å². The van der Waals surface area contributed by atoms with Crippen molar-refractivity contribution in [2.75, 3.05) is 5.32 Å². The van der Waals surface area contributed by atoms with Gasteiger partial charge in [0.25, 0.3) is 5.91 Å². The van der Waals surface area contributed by atoms with E-state index in [1.165, 1.54) is 16.9 Å². The van der Waals surface area contributed by atoms with Crippen LogP contribution >= 0.6 is 15.9 Å². The van der Waals surface area contributed by atoms with E-state index in [2.05, 4.69) is 26.3 Å². The lowest BCUT2D eigenvalue weighted by molar-refractivity contribution is 0.101. The Balaban J connectivity index is 2.33. The van der Waals surface area contributed by atoms with Crippen LogP contribution in [0.15, 0.2) is 28.9 Å². The number of benzene rings is 1. The quantitative estimate of drug-likeness (QED) is 0.926. The summed E-state index contributed by atoms with van der Waals surface area (Å²) < 4.78 is 28.7. The number of anilines is 1. The number of nitrogens with zero attached hydrogens (tertiary/aromatic N) is 2. The number of carbonyl (C=O) groups excluding carboxylic acids is 1. The first kappa shape index (κ1) is 12.7. The second kappa shape index (κ2) is 4.85. The maximum atomic E-state index is 13.5. The Labute approximate surface area is 110 Å². The predicted molar refractivity (Wildman–Crippen MR) is 65.2 cm³/mol. The summed E-state index contributed by atoms with van der Waals surface area (Å²) in [7, 11) is 1.60. The van der Waals surface area contributed by atoms with Gasteiger partial charge in [0.05, 0.1) is 6.20 Å². The van der Waals surface area contributed by atoms with Gasteiger partial charge in [0.2, 0.25) is 0 Å². The van der Waals surface area contributed by atoms with Crippen molar-refractivity contribution in [3.8, 4) is 0 Å². The van der Waals surface area contributed by atoms with E-state index in [0.29, 0.717) is 5.82 Å². The maximum Gasteiger partial charge on any atom is 0.262 e. The Hall–Kier alpha value is -1.76. The number of aryl methyl sites for hydroxylation is 1. The van der Waals surface area contributed by atoms with Gasteiger partial charge >= 0.3 is 0 Å². The Morgan fingerprint density at radius 3 is 2.50 bits per heavy atom. The molecule has 0 fully saturated rings. The molecule has 1 N–H and O–H groups in total. The van der Waals surface area contributed by atoms with E-state index in [-0.39, 0.29) is 4.47 Å². The van der Waals surface area contributed by atoms with Gasteiger partial charge < -0.3 is 5.32 Å². The van der Waals surface area contributed by atoms with Gasteiger partial charge in [0, 0.05) is 17.6 Å². The molecular weight excluding hydrogens is 308 g/mol. The molecule has 1 heterocycles. The average molecular weight is 316 g/mol. The number of halogens is 3. The number of hydrogen-bond acceptors (Lipinski definition) is 2. The molecular formula is C11H8BrF2N3O. The topological polar surface area (TPSA) is 46.9 Å². The van der Waals surface area contributed by atoms with Crippen LogP contribution in [0.25, 0.3) is 0 Å². The van der Waals surface area contributed by atoms with Gasteiger partial charge in [0.1, 0.15) is 23.0 Å². The minimum atomic E-state index is -0.929. The molecule has 7 heteroatoms. The first-order valence-electron chi connectivity index (χ1n) is 4.93. The number of aromatic nitrogens is 2. The zero-order chi connectivity index (χ0) is 13.3. The van der Waals surface area contributed by atoms with E-state index in [1.807, 2.05) is 0 Å². The predicted octanol–water partition coefficient (Wildman–Crippen LogP) is 2.71. The summed E-state index contributed by atoms with van der Waals surface area (Å²) in [5, 5.41) is 6.20. The molecule has 1 aromatic heterocycles. The highest BCUT2D eigenvalue weighted by atomic mass is 79.9. The highest BCUT2D eigenvalue weighted by Gasteiger charge is 2.19. The molecule has 0 saturated carbocycles. The SMILES string of the molecule is Cn1nccc1NC(=O)c1c(F)cc(Br)cc1F. The normalized spacial score (nSPS) is 10.4. The Morgan fingerprint density at radius 2 is 2.00 bits per heavy atom. The fourth-order valence-corrected chi connectivity index (χ4v) is 1.84. The maximum absolute atomic E-state index is 13.5. The van der Waals surface area contributed by atoms with Crippen molar-refractivity contribution in [3.05, 3.63) is 46.1 Å². The summed E-state index contributed by atoms with van der Waals surface area (Å²) in [6.07, 6.45) is 1.46. The standard InChI is InChI=1S/C11H8BrF2N3O/c1-17-9(2-3-15-17)16-11(18)10-7(13)4-6(12)5-8(10)14/h2-5H,1H3,(H,16,18). The van der Waals surface area contributed by atoms with E-state index < -0.39 is 23.1 Å². The van der Waals surface area contributed by atoms with Crippen molar-refractivity contribution >= 4 is 27.7 Å². The molecule has 0 saturated heterocycles. The van der Waals surface area contributed by atoms with Gasteiger partial charge in [-0.1, -0.05) is 15.9 Å². The minimum Gasteiger partial charge on any atom is -0.307 e. The number of nitrogens with one attached hydrogen (secondary N) is 1. The van der Waals surface area contributed by atoms with Crippen LogP contribution in [0.1, 0.15) is 10.4 Å². The molecule has 0 unspecified atom stereocenters. The number of rotatable bonds is 2. The van der Waals surface area contributed by atoms with E-state index >= 15 is 0 Å². The van der Waals surface area contributed by atoms with Crippen LogP contribution in [0.4, 0.5) is 14.6 Å². The van der Waals surface area contributed by atoms with Crippen molar-refractivity contribution in [2.45, 2.75) is 0 Å². The Morgan fingerprint density at radius 1 is 1.39 bits per heavy atom. The zero-order valence-corrected chi connectivity index (χ0v) is 10.8. The highest BCUT2D eigenvalue weighted by molar-refractivity contribution is 9.10. The average Bonchev–Trinajstić information content (AvgIpc) is 2.62. The molecule has 0 aliphatic carbocycles. The summed E-state index contributed by atoms with van der Waals surface area (Å²) in [5.41, 5.74) is -0.626. The van der Waals surface area contributed by atoms with Gasteiger partial charge in [-0.3, -0.25) is 9.48 Å². The van der Waals surface area contributed by atoms with Gasteiger partial charge in [-0.05, 0) is 12.1 Å². The molecule has 0 spiro atoms. The largest absolute Gasteiger partial charge is 0.307 e. The molecule has 18 heavy (non-hydrogen) atoms. The summed E-state index contributed by atoms with van der Waals surface area (Å²) in [6.45, 7) is 0. The van der Waals surface area contributed by atoms with Gasteiger partial charge in [-0.2, -0.15) is 5.10 Å². The summed E-state index contributed by atoms with van der Waals surface area (Å²) in [5.74, 6) is -2.37. The lowest BCUT2D eigenvalue weighted by Gasteiger charge is -2.07. The lowest BCUT2D eigenvalue weighted by atomic mass is 10.2. The minimum absolute atomic E-state index is 0.231. The van der Waals surface area contributed by atoms with Crippen LogP contribution in [0.3, 0.4) is 0 Å². The third-order valence-corrected chi connectivity index (χ3v) is 2.75. The number of hydrogen-bond donors (Lipinski definition) is 1. The van der Waals surface area contributed by atoms with Crippen LogP contribution in [0.5, 0.6) is 0 Å². The van der Waals surface area contributed by atoms with Crippen molar-refractivity contribution in [1.82, 2.24) is 9.78 Å². The number of amides is 1. The van der Waals surface area contributed by atoms with Crippen LogP contribution in [-0.2, 0) is 7.05 Å². The summed E-state index contributed by atoms with van der Waals surface area (Å²) >= 11 is 2.94. The molecule has 2 rings (SSSR count). The molecule has 0 radical (unpaired) electrons. The van der Waals surface area contributed by atoms with Gasteiger partial charge in [0.15, 0.2) is 0 Å². The van der Waals surface area contributed by atoms with E-state index in [4.69, 9.17) is 0 Å². The molecule has 1 aromatic carbocycles. The molecule has 0 atom stereocenters. The first-order valence-corrected chi connectivity index (χ1v) is 5.72. The fraction of sp³-hybridized carbons (Fsp3) is 0.0909. The Bertz CT molecular complexity index is 589. The Kier molecular flexibility index (Phi) is 3.42. The molecule has 4 nitrogen and oxygen atoms in total. The van der Waals surface area contributed by atoms with E-state index in [0.717, 1.165) is 12.1 Å².